The zero-order chi connectivity index (χ0) is 16.2. The molecule has 21 heavy (non-hydrogen) atoms. The Morgan fingerprint density at radius 1 is 1.38 bits per heavy atom. The van der Waals surface area contributed by atoms with Gasteiger partial charge in [-0.2, -0.15) is 0 Å². The van der Waals surface area contributed by atoms with Crippen LogP contribution in [0.2, 0.25) is 0 Å². The summed E-state index contributed by atoms with van der Waals surface area (Å²) >= 11 is 1.32. The highest BCUT2D eigenvalue weighted by Crippen LogP contribution is 2.20. The number of rotatable bonds is 6. The lowest BCUT2D eigenvalue weighted by atomic mass is 10.1. The van der Waals surface area contributed by atoms with Crippen molar-refractivity contribution in [1.29, 1.82) is 0 Å². The zero-order valence-corrected chi connectivity index (χ0v) is 14.5. The molecule has 1 aromatic rings. The molecule has 0 saturated heterocycles. The highest BCUT2D eigenvalue weighted by molar-refractivity contribution is 8.00. The molecule has 0 spiro atoms. The predicted octanol–water partition coefficient (Wildman–Crippen LogP) is 1.98. The summed E-state index contributed by atoms with van der Waals surface area (Å²) < 4.78 is 1.49. The van der Waals surface area contributed by atoms with Gasteiger partial charge in [0.15, 0.2) is 5.16 Å². The third kappa shape index (κ3) is 4.88. The number of hydrogen-bond acceptors (Lipinski definition) is 4. The van der Waals surface area contributed by atoms with Crippen LogP contribution in [-0.4, -0.2) is 26.8 Å². The molecule has 0 aromatic carbocycles. The van der Waals surface area contributed by atoms with E-state index in [-0.39, 0.29) is 22.8 Å². The number of carbonyl (C=O) groups excluding carboxylic acids is 1. The quantitative estimate of drug-likeness (QED) is 0.644. The van der Waals surface area contributed by atoms with Gasteiger partial charge in [0.1, 0.15) is 0 Å². The fourth-order valence-corrected chi connectivity index (χ4v) is 2.48. The lowest BCUT2D eigenvalue weighted by Gasteiger charge is -2.20. The van der Waals surface area contributed by atoms with E-state index in [9.17, 15) is 9.59 Å². The Hall–Kier alpha value is -1.30. The van der Waals surface area contributed by atoms with Crippen molar-refractivity contribution in [1.82, 2.24) is 14.9 Å². The van der Waals surface area contributed by atoms with Gasteiger partial charge in [-0.15, -0.1) is 0 Å². The molecule has 0 saturated carbocycles. The molecule has 2 atom stereocenters. The number of aryl methyl sites for hydroxylation is 1. The molecule has 0 bridgehead atoms. The van der Waals surface area contributed by atoms with Crippen LogP contribution in [-0.2, 0) is 18.3 Å². The van der Waals surface area contributed by atoms with Crippen molar-refractivity contribution in [2.75, 3.05) is 0 Å². The molecule has 2 unspecified atom stereocenters. The topological polar surface area (TPSA) is 64.0 Å². The molecule has 1 rings (SSSR count). The first kappa shape index (κ1) is 17.8. The lowest BCUT2D eigenvalue weighted by Crippen LogP contribution is -2.40. The highest BCUT2D eigenvalue weighted by Gasteiger charge is 2.20. The Morgan fingerprint density at radius 3 is 2.52 bits per heavy atom. The average molecular weight is 311 g/mol. The van der Waals surface area contributed by atoms with E-state index in [0.717, 1.165) is 5.69 Å². The van der Waals surface area contributed by atoms with Crippen LogP contribution in [0.1, 0.15) is 40.3 Å². The van der Waals surface area contributed by atoms with Gasteiger partial charge in [-0.25, -0.2) is 4.98 Å². The normalized spacial score (nSPS) is 14.0. The third-order valence-electron chi connectivity index (χ3n) is 3.53. The van der Waals surface area contributed by atoms with Gasteiger partial charge in [-0.1, -0.05) is 32.5 Å². The van der Waals surface area contributed by atoms with E-state index in [4.69, 9.17) is 0 Å². The first-order valence-electron chi connectivity index (χ1n) is 7.30. The second-order valence-corrected chi connectivity index (χ2v) is 6.89. The summed E-state index contributed by atoms with van der Waals surface area (Å²) in [4.78, 5) is 28.4. The maximum atomic E-state index is 12.2. The number of nitrogens with one attached hydrogen (secondary N) is 1. The van der Waals surface area contributed by atoms with Gasteiger partial charge >= 0.3 is 0 Å². The van der Waals surface area contributed by atoms with E-state index in [1.54, 1.807) is 7.05 Å². The van der Waals surface area contributed by atoms with Crippen LogP contribution in [0, 0.1) is 5.92 Å². The van der Waals surface area contributed by atoms with Gasteiger partial charge in [-0.3, -0.25) is 14.2 Å². The Balaban J connectivity index is 2.83. The number of hydrogen-bond donors (Lipinski definition) is 1. The maximum absolute atomic E-state index is 12.2. The van der Waals surface area contributed by atoms with Gasteiger partial charge in [0.2, 0.25) is 5.91 Å². The van der Waals surface area contributed by atoms with Crippen molar-refractivity contribution in [3.8, 4) is 0 Å². The molecule has 1 heterocycles. The van der Waals surface area contributed by atoms with Gasteiger partial charge in [0.25, 0.3) is 5.56 Å². The Labute approximate surface area is 130 Å². The van der Waals surface area contributed by atoms with Crippen LogP contribution in [0.25, 0.3) is 0 Å². The van der Waals surface area contributed by atoms with Crippen molar-refractivity contribution in [2.24, 2.45) is 13.0 Å². The predicted molar refractivity (Wildman–Crippen MR) is 86.6 cm³/mol. The second-order valence-electron chi connectivity index (χ2n) is 5.58. The zero-order valence-electron chi connectivity index (χ0n) is 13.6. The summed E-state index contributed by atoms with van der Waals surface area (Å²) in [6.45, 7) is 9.91. The largest absolute Gasteiger partial charge is 0.352 e. The number of carbonyl (C=O) groups is 1. The average Bonchev–Trinajstić information content (AvgIpc) is 2.42. The lowest BCUT2D eigenvalue weighted by molar-refractivity contribution is -0.121. The second kappa shape index (κ2) is 7.64. The highest BCUT2D eigenvalue weighted by atomic mass is 32.2. The summed E-state index contributed by atoms with van der Waals surface area (Å²) in [6.07, 6.45) is 0.703. The SMILES string of the molecule is CCc1cc(=O)n(C)c(SC(C)C(=O)NC(C)C(C)C)n1. The van der Waals surface area contributed by atoms with E-state index in [0.29, 0.717) is 17.5 Å². The molecule has 118 valence electrons. The molecule has 1 N–H and O–H groups in total. The first-order chi connectivity index (χ1) is 9.76. The molecule has 1 amide bonds. The molecule has 1 aromatic heterocycles. The third-order valence-corrected chi connectivity index (χ3v) is 4.67. The molecule has 0 radical (unpaired) electrons. The molecule has 0 aliphatic heterocycles. The Bertz CT molecular complexity index is 554. The molecule has 5 nitrogen and oxygen atoms in total. The van der Waals surface area contributed by atoms with Crippen molar-refractivity contribution in [3.05, 3.63) is 22.1 Å². The summed E-state index contributed by atoms with van der Waals surface area (Å²) in [5.41, 5.74) is 0.663. The molecule has 0 aliphatic rings. The summed E-state index contributed by atoms with van der Waals surface area (Å²) in [5.74, 6) is 0.356. The monoisotopic (exact) mass is 311 g/mol. The molecular formula is C15H25N3O2S. The van der Waals surface area contributed by atoms with Crippen molar-refractivity contribution in [3.63, 3.8) is 0 Å². The van der Waals surface area contributed by atoms with Crippen LogP contribution < -0.4 is 10.9 Å². The number of nitrogens with zero attached hydrogens (tertiary/aromatic N) is 2. The summed E-state index contributed by atoms with van der Waals surface area (Å²) in [6, 6.07) is 1.66. The number of thioether (sulfide) groups is 1. The fourth-order valence-electron chi connectivity index (χ4n) is 1.57. The maximum Gasteiger partial charge on any atom is 0.254 e. The molecule has 0 fully saturated rings. The van der Waals surface area contributed by atoms with E-state index >= 15 is 0 Å². The van der Waals surface area contributed by atoms with Crippen LogP contribution in [0.15, 0.2) is 16.0 Å². The van der Waals surface area contributed by atoms with Gasteiger partial charge < -0.3 is 5.32 Å². The van der Waals surface area contributed by atoms with E-state index < -0.39 is 0 Å². The standard InChI is InChI=1S/C15H25N3O2S/c1-7-12-8-13(19)18(6)15(17-12)21-11(5)14(20)16-10(4)9(2)3/h8-11H,7H2,1-6H3,(H,16,20). The van der Waals surface area contributed by atoms with Crippen LogP contribution in [0.4, 0.5) is 0 Å². The first-order valence-corrected chi connectivity index (χ1v) is 8.18. The smallest absolute Gasteiger partial charge is 0.254 e. The number of aromatic nitrogens is 2. The van der Waals surface area contributed by atoms with Crippen molar-refractivity contribution < 1.29 is 4.79 Å². The minimum absolute atomic E-state index is 0.0302. The van der Waals surface area contributed by atoms with Crippen LogP contribution >= 0.6 is 11.8 Å². The van der Waals surface area contributed by atoms with E-state index in [2.05, 4.69) is 24.1 Å². The Morgan fingerprint density at radius 2 is 2.00 bits per heavy atom. The summed E-state index contributed by atoms with van der Waals surface area (Å²) in [7, 11) is 1.68. The van der Waals surface area contributed by atoms with Gasteiger partial charge in [0.05, 0.1) is 5.25 Å². The molecule has 0 aliphatic carbocycles. The van der Waals surface area contributed by atoms with E-state index in [1.807, 2.05) is 20.8 Å². The van der Waals surface area contributed by atoms with E-state index in [1.165, 1.54) is 22.4 Å². The van der Waals surface area contributed by atoms with Crippen LogP contribution in [0.5, 0.6) is 0 Å². The van der Waals surface area contributed by atoms with Gasteiger partial charge in [0, 0.05) is 24.8 Å². The van der Waals surface area contributed by atoms with Gasteiger partial charge in [-0.05, 0) is 26.2 Å². The van der Waals surface area contributed by atoms with Crippen LogP contribution in [0.3, 0.4) is 0 Å². The Kier molecular flexibility index (Phi) is 6.45. The van der Waals surface area contributed by atoms with Crippen molar-refractivity contribution in [2.45, 2.75) is 57.5 Å². The molecular weight excluding hydrogens is 286 g/mol. The summed E-state index contributed by atoms with van der Waals surface area (Å²) in [5, 5.41) is 3.27. The minimum Gasteiger partial charge on any atom is -0.352 e. The number of amides is 1. The molecule has 6 heteroatoms. The minimum atomic E-state index is -0.295. The fraction of sp³-hybridized carbons (Fsp3) is 0.667. The van der Waals surface area contributed by atoms with Crippen molar-refractivity contribution >= 4 is 17.7 Å².